The summed E-state index contributed by atoms with van der Waals surface area (Å²) in [6.45, 7) is 5.75. The number of hydrogen-bond donors (Lipinski definition) is 0. The van der Waals surface area contributed by atoms with Crippen molar-refractivity contribution in [1.29, 1.82) is 0 Å². The zero-order valence-electron chi connectivity index (χ0n) is 13.1. The average molecular weight is 283 g/mol. The van der Waals surface area contributed by atoms with Gasteiger partial charge in [0.15, 0.2) is 0 Å². The monoisotopic (exact) mass is 283 g/mol. The first-order valence-electron chi connectivity index (χ1n) is 8.48. The molecule has 1 aromatic carbocycles. The van der Waals surface area contributed by atoms with Crippen molar-refractivity contribution in [2.75, 3.05) is 6.54 Å². The molecule has 112 valence electrons. The minimum absolute atomic E-state index is 0.183. The average Bonchev–Trinajstić information content (AvgIpc) is 3.31. The van der Waals surface area contributed by atoms with Crippen LogP contribution in [-0.2, 0) is 16.6 Å². The van der Waals surface area contributed by atoms with Crippen LogP contribution in [0.4, 0.5) is 0 Å². The zero-order valence-corrected chi connectivity index (χ0v) is 13.1. The maximum Gasteiger partial charge on any atom is 0.225 e. The van der Waals surface area contributed by atoms with Crippen LogP contribution in [0.1, 0.15) is 50.7 Å². The Bertz CT molecular complexity index is 573. The van der Waals surface area contributed by atoms with E-state index in [0.717, 1.165) is 25.8 Å². The van der Waals surface area contributed by atoms with Crippen LogP contribution in [0.3, 0.4) is 0 Å². The molecular formula is C19H25NO. The largest absolute Gasteiger partial charge is 0.339 e. The molecule has 0 unspecified atom stereocenters. The Labute approximate surface area is 127 Å². The number of carbonyl (C=O) groups is 1. The van der Waals surface area contributed by atoms with Crippen molar-refractivity contribution in [1.82, 2.24) is 4.90 Å². The maximum atomic E-state index is 12.7. The van der Waals surface area contributed by atoms with E-state index in [1.54, 1.807) is 0 Å². The van der Waals surface area contributed by atoms with Crippen LogP contribution in [0.15, 0.2) is 24.3 Å². The molecule has 1 aliphatic heterocycles. The summed E-state index contributed by atoms with van der Waals surface area (Å²) in [5.74, 6) is 1.41. The van der Waals surface area contributed by atoms with E-state index in [1.807, 2.05) is 0 Å². The molecule has 3 aliphatic rings. The quantitative estimate of drug-likeness (QED) is 0.772. The molecule has 2 atom stereocenters. The Morgan fingerprint density at radius 1 is 1.19 bits per heavy atom. The van der Waals surface area contributed by atoms with Gasteiger partial charge in [-0.25, -0.2) is 0 Å². The molecule has 4 rings (SSSR count). The number of benzene rings is 1. The summed E-state index contributed by atoms with van der Waals surface area (Å²) in [6.07, 6.45) is 5.73. The molecule has 1 saturated carbocycles. The molecule has 0 aromatic heterocycles. The molecule has 1 heterocycles. The van der Waals surface area contributed by atoms with E-state index in [4.69, 9.17) is 0 Å². The molecule has 0 bridgehead atoms. The lowest BCUT2D eigenvalue weighted by molar-refractivity contribution is -0.139. The maximum absolute atomic E-state index is 12.7. The molecule has 1 saturated heterocycles. The molecule has 2 fully saturated rings. The minimum atomic E-state index is 0.183. The molecule has 2 nitrogen and oxygen atoms in total. The van der Waals surface area contributed by atoms with E-state index in [9.17, 15) is 4.79 Å². The SMILES string of the molecule is CC1(C)c2ccccc2C[C@@H]2[C@H]1CCCN2C(=O)C1CC1. The first-order valence-corrected chi connectivity index (χ1v) is 8.48. The van der Waals surface area contributed by atoms with Crippen molar-refractivity contribution in [3.63, 3.8) is 0 Å². The molecule has 0 spiro atoms. The molecule has 0 radical (unpaired) electrons. The summed E-state index contributed by atoms with van der Waals surface area (Å²) < 4.78 is 0. The highest BCUT2D eigenvalue weighted by atomic mass is 16.2. The van der Waals surface area contributed by atoms with Crippen LogP contribution in [0.2, 0.25) is 0 Å². The fourth-order valence-electron chi connectivity index (χ4n) is 4.74. The standard InChI is InChI=1S/C19H25NO/c1-19(2)15-7-4-3-6-14(15)12-17-16(19)8-5-11-20(17)18(21)13-9-10-13/h3-4,6-7,13,16-17H,5,8-12H2,1-2H3/t16-,17-/m1/s1. The van der Waals surface area contributed by atoms with Crippen molar-refractivity contribution in [2.24, 2.45) is 11.8 Å². The Kier molecular flexibility index (Phi) is 2.92. The van der Waals surface area contributed by atoms with Gasteiger partial charge in [0.2, 0.25) is 5.91 Å². The number of hydrogen-bond acceptors (Lipinski definition) is 1. The Morgan fingerprint density at radius 3 is 2.71 bits per heavy atom. The van der Waals surface area contributed by atoms with Crippen molar-refractivity contribution in [3.8, 4) is 0 Å². The number of fused-ring (bicyclic) bond motifs is 2. The van der Waals surface area contributed by atoms with E-state index in [-0.39, 0.29) is 5.41 Å². The number of amides is 1. The third-order valence-electron chi connectivity index (χ3n) is 6.06. The molecule has 0 N–H and O–H groups in total. The number of carbonyl (C=O) groups excluding carboxylic acids is 1. The summed E-state index contributed by atoms with van der Waals surface area (Å²) in [6, 6.07) is 9.30. The van der Waals surface area contributed by atoms with Gasteiger partial charge in [-0.2, -0.15) is 0 Å². The van der Waals surface area contributed by atoms with Crippen LogP contribution in [0.25, 0.3) is 0 Å². The summed E-state index contributed by atoms with van der Waals surface area (Å²) in [4.78, 5) is 14.9. The number of nitrogens with zero attached hydrogens (tertiary/aromatic N) is 1. The fraction of sp³-hybridized carbons (Fsp3) is 0.632. The van der Waals surface area contributed by atoms with E-state index in [0.29, 0.717) is 23.8 Å². The van der Waals surface area contributed by atoms with Gasteiger partial charge >= 0.3 is 0 Å². The van der Waals surface area contributed by atoms with Crippen LogP contribution in [-0.4, -0.2) is 23.4 Å². The Hall–Kier alpha value is -1.31. The van der Waals surface area contributed by atoms with Crippen LogP contribution in [0, 0.1) is 11.8 Å². The van der Waals surface area contributed by atoms with Crippen LogP contribution in [0.5, 0.6) is 0 Å². The molecular weight excluding hydrogens is 258 g/mol. The second-order valence-electron chi connectivity index (χ2n) is 7.70. The molecule has 21 heavy (non-hydrogen) atoms. The lowest BCUT2D eigenvalue weighted by Gasteiger charge is -2.52. The fourth-order valence-corrected chi connectivity index (χ4v) is 4.74. The summed E-state index contributed by atoms with van der Waals surface area (Å²) >= 11 is 0. The Balaban J connectivity index is 1.72. The lowest BCUT2D eigenvalue weighted by atomic mass is 9.60. The lowest BCUT2D eigenvalue weighted by Crippen LogP contribution is -2.57. The van der Waals surface area contributed by atoms with Gasteiger partial charge in [-0.1, -0.05) is 38.1 Å². The van der Waals surface area contributed by atoms with E-state index < -0.39 is 0 Å². The normalized spacial score (nSPS) is 30.5. The third kappa shape index (κ3) is 2.03. The molecule has 2 heteroatoms. The highest BCUT2D eigenvalue weighted by Gasteiger charge is 2.48. The predicted octanol–water partition coefficient (Wildman–Crippen LogP) is 3.54. The van der Waals surface area contributed by atoms with Gasteiger partial charge in [-0.3, -0.25) is 4.79 Å². The van der Waals surface area contributed by atoms with Crippen LogP contribution < -0.4 is 0 Å². The van der Waals surface area contributed by atoms with Gasteiger partial charge in [-0.15, -0.1) is 0 Å². The minimum Gasteiger partial charge on any atom is -0.339 e. The summed E-state index contributed by atoms with van der Waals surface area (Å²) in [5, 5.41) is 0. The van der Waals surface area contributed by atoms with E-state index in [2.05, 4.69) is 43.0 Å². The van der Waals surface area contributed by atoms with Crippen molar-refractivity contribution < 1.29 is 4.79 Å². The predicted molar refractivity (Wildman–Crippen MR) is 84.1 cm³/mol. The first kappa shape index (κ1) is 13.4. The molecule has 1 aromatic rings. The van der Waals surface area contributed by atoms with Gasteiger partial charge in [-0.05, 0) is 54.6 Å². The summed E-state index contributed by atoms with van der Waals surface area (Å²) in [7, 11) is 0. The summed E-state index contributed by atoms with van der Waals surface area (Å²) in [5.41, 5.74) is 3.15. The third-order valence-corrected chi connectivity index (χ3v) is 6.06. The smallest absolute Gasteiger partial charge is 0.225 e. The first-order chi connectivity index (χ1) is 10.1. The van der Waals surface area contributed by atoms with E-state index >= 15 is 0 Å². The Morgan fingerprint density at radius 2 is 1.95 bits per heavy atom. The van der Waals surface area contributed by atoms with Gasteiger partial charge < -0.3 is 4.90 Å². The topological polar surface area (TPSA) is 20.3 Å². The highest BCUT2D eigenvalue weighted by Crippen LogP contribution is 2.47. The number of piperidine rings is 1. The second-order valence-corrected chi connectivity index (χ2v) is 7.70. The second kappa shape index (κ2) is 4.59. The van der Waals surface area contributed by atoms with Gasteiger partial charge in [0, 0.05) is 18.5 Å². The van der Waals surface area contributed by atoms with Gasteiger partial charge in [0.25, 0.3) is 0 Å². The van der Waals surface area contributed by atoms with Crippen molar-refractivity contribution >= 4 is 5.91 Å². The van der Waals surface area contributed by atoms with Gasteiger partial charge in [0.05, 0.1) is 0 Å². The van der Waals surface area contributed by atoms with Crippen molar-refractivity contribution in [3.05, 3.63) is 35.4 Å². The zero-order chi connectivity index (χ0) is 14.6. The number of rotatable bonds is 1. The van der Waals surface area contributed by atoms with Gasteiger partial charge in [0.1, 0.15) is 0 Å². The highest BCUT2D eigenvalue weighted by molar-refractivity contribution is 5.81. The van der Waals surface area contributed by atoms with E-state index in [1.165, 1.54) is 24.0 Å². The number of likely N-dealkylation sites (tertiary alicyclic amines) is 1. The van der Waals surface area contributed by atoms with Crippen molar-refractivity contribution in [2.45, 2.75) is 57.4 Å². The molecule has 1 amide bonds. The molecule has 2 aliphatic carbocycles. The van der Waals surface area contributed by atoms with Crippen LogP contribution >= 0.6 is 0 Å².